The molecular weight excluding hydrogens is 522 g/mol. The molecule has 2 fully saturated rings. The SMILES string of the molecule is O=C(CN1CCCC1=O)N[C@@H](Cc1ccccc1)[C@H](O)CN[C@H]1CC2(CCC2)Oc2ccc(Br)cc21. The number of carbonyl (C=O) groups is 2. The van der Waals surface area contributed by atoms with Crippen LogP contribution in [-0.4, -0.2) is 59.2 Å². The Morgan fingerprint density at radius 3 is 2.69 bits per heavy atom. The molecule has 3 N–H and O–H groups in total. The fourth-order valence-corrected chi connectivity index (χ4v) is 5.93. The summed E-state index contributed by atoms with van der Waals surface area (Å²) in [7, 11) is 0. The summed E-state index contributed by atoms with van der Waals surface area (Å²) >= 11 is 3.58. The van der Waals surface area contributed by atoms with Crippen LogP contribution in [-0.2, 0) is 16.0 Å². The van der Waals surface area contributed by atoms with Crippen LogP contribution in [0.4, 0.5) is 0 Å². The van der Waals surface area contributed by atoms with Crippen molar-refractivity contribution in [3.05, 3.63) is 64.1 Å². The highest BCUT2D eigenvalue weighted by Gasteiger charge is 2.45. The summed E-state index contributed by atoms with van der Waals surface area (Å²) in [6.45, 7) is 0.974. The van der Waals surface area contributed by atoms with E-state index >= 15 is 0 Å². The second kappa shape index (κ2) is 10.9. The number of likely N-dealkylation sites (tertiary alicyclic amines) is 1. The Bertz CT molecular complexity index is 1090. The first-order valence-electron chi connectivity index (χ1n) is 12.9. The molecule has 192 valence electrons. The van der Waals surface area contributed by atoms with Crippen molar-refractivity contribution in [2.24, 2.45) is 0 Å². The maximum absolute atomic E-state index is 12.8. The minimum absolute atomic E-state index is 0.0150. The van der Waals surface area contributed by atoms with Gasteiger partial charge in [0.05, 0.1) is 18.7 Å². The second-order valence-electron chi connectivity index (χ2n) is 10.3. The van der Waals surface area contributed by atoms with Crippen LogP contribution < -0.4 is 15.4 Å². The van der Waals surface area contributed by atoms with E-state index in [2.05, 4.69) is 32.6 Å². The number of nitrogens with one attached hydrogen (secondary N) is 2. The first-order valence-corrected chi connectivity index (χ1v) is 13.7. The quantitative estimate of drug-likeness (QED) is 0.440. The molecule has 1 aliphatic carbocycles. The molecule has 2 amide bonds. The number of aliphatic hydroxyl groups excluding tert-OH is 1. The lowest BCUT2D eigenvalue weighted by Gasteiger charge is -2.48. The Balaban J connectivity index is 1.27. The predicted molar refractivity (Wildman–Crippen MR) is 141 cm³/mol. The topological polar surface area (TPSA) is 90.9 Å². The van der Waals surface area contributed by atoms with Gasteiger partial charge in [-0.05, 0) is 55.9 Å². The third kappa shape index (κ3) is 5.76. The van der Waals surface area contributed by atoms with Crippen LogP contribution in [0, 0.1) is 0 Å². The number of amides is 2. The number of rotatable bonds is 9. The number of aliphatic hydroxyl groups is 1. The van der Waals surface area contributed by atoms with E-state index in [0.717, 1.165) is 47.0 Å². The summed E-state index contributed by atoms with van der Waals surface area (Å²) < 4.78 is 7.38. The molecule has 0 bridgehead atoms. The van der Waals surface area contributed by atoms with E-state index in [4.69, 9.17) is 4.74 Å². The molecular formula is C28H34BrN3O4. The third-order valence-corrected chi connectivity index (χ3v) is 8.20. The van der Waals surface area contributed by atoms with Gasteiger partial charge >= 0.3 is 0 Å². The fourth-order valence-electron chi connectivity index (χ4n) is 5.55. The minimum Gasteiger partial charge on any atom is -0.487 e. The van der Waals surface area contributed by atoms with Gasteiger partial charge in [-0.3, -0.25) is 9.59 Å². The van der Waals surface area contributed by atoms with Crippen molar-refractivity contribution in [2.75, 3.05) is 19.6 Å². The molecule has 2 heterocycles. The van der Waals surface area contributed by atoms with Crippen molar-refractivity contribution in [2.45, 2.75) is 68.7 Å². The van der Waals surface area contributed by atoms with Crippen molar-refractivity contribution >= 4 is 27.7 Å². The largest absolute Gasteiger partial charge is 0.487 e. The van der Waals surface area contributed by atoms with E-state index in [1.54, 1.807) is 4.90 Å². The average Bonchev–Trinajstić information content (AvgIpc) is 3.25. The first kappa shape index (κ1) is 25.2. The highest BCUT2D eigenvalue weighted by Crippen LogP contribution is 2.49. The normalized spacial score (nSPS) is 21.9. The molecule has 5 rings (SSSR count). The molecule has 1 spiro atoms. The van der Waals surface area contributed by atoms with Gasteiger partial charge in [-0.1, -0.05) is 46.3 Å². The van der Waals surface area contributed by atoms with E-state index < -0.39 is 12.1 Å². The average molecular weight is 557 g/mol. The van der Waals surface area contributed by atoms with Gasteiger partial charge in [0, 0.05) is 42.0 Å². The van der Waals surface area contributed by atoms with Gasteiger partial charge in [0.15, 0.2) is 0 Å². The lowest BCUT2D eigenvalue weighted by molar-refractivity contribution is -0.133. The number of halogens is 1. The fraction of sp³-hybridized carbons (Fsp3) is 0.500. The number of ether oxygens (including phenoxy) is 1. The van der Waals surface area contributed by atoms with Gasteiger partial charge in [0.1, 0.15) is 11.4 Å². The molecule has 3 atom stereocenters. The first-order chi connectivity index (χ1) is 17.4. The molecule has 2 aromatic rings. The highest BCUT2D eigenvalue weighted by atomic mass is 79.9. The Hall–Kier alpha value is -2.42. The Morgan fingerprint density at radius 2 is 2.00 bits per heavy atom. The highest BCUT2D eigenvalue weighted by molar-refractivity contribution is 9.10. The summed E-state index contributed by atoms with van der Waals surface area (Å²) in [5.74, 6) is 0.681. The third-order valence-electron chi connectivity index (χ3n) is 7.70. The molecule has 0 aromatic heterocycles. The Morgan fingerprint density at radius 1 is 1.19 bits per heavy atom. The van der Waals surface area contributed by atoms with Gasteiger partial charge in [-0.25, -0.2) is 0 Å². The van der Waals surface area contributed by atoms with Crippen molar-refractivity contribution in [3.63, 3.8) is 0 Å². The maximum atomic E-state index is 12.8. The lowest BCUT2D eigenvalue weighted by Crippen LogP contribution is -2.53. The van der Waals surface area contributed by atoms with E-state index in [9.17, 15) is 14.7 Å². The molecule has 2 aromatic carbocycles. The van der Waals surface area contributed by atoms with Crippen LogP contribution in [0.25, 0.3) is 0 Å². The van der Waals surface area contributed by atoms with E-state index in [1.807, 2.05) is 42.5 Å². The Kier molecular flexibility index (Phi) is 7.65. The second-order valence-corrected chi connectivity index (χ2v) is 11.3. The molecule has 0 unspecified atom stereocenters. The van der Waals surface area contributed by atoms with Crippen LogP contribution in [0.5, 0.6) is 5.75 Å². The number of fused-ring (bicyclic) bond motifs is 1. The van der Waals surface area contributed by atoms with E-state index in [1.165, 1.54) is 6.42 Å². The smallest absolute Gasteiger partial charge is 0.239 e. The monoisotopic (exact) mass is 555 g/mol. The molecule has 1 saturated heterocycles. The summed E-state index contributed by atoms with van der Waals surface area (Å²) in [4.78, 5) is 26.4. The standard InChI is InChI=1S/C28H34BrN3O4/c29-20-9-10-25-21(15-20)23(16-28(36-25)11-5-12-28)30-17-24(33)22(14-19-6-2-1-3-7-19)31-26(34)18-32-13-4-8-27(32)35/h1-3,6-7,9-10,15,22-24,30,33H,4-5,8,11-14,16-18H2,(H,31,34)/t22-,23-,24+/m0/s1. The van der Waals surface area contributed by atoms with Gasteiger partial charge in [0.2, 0.25) is 11.8 Å². The summed E-state index contributed by atoms with van der Waals surface area (Å²) in [5.41, 5.74) is 2.00. The summed E-state index contributed by atoms with van der Waals surface area (Å²) in [6, 6.07) is 15.5. The summed E-state index contributed by atoms with van der Waals surface area (Å²) in [5, 5.41) is 17.9. The van der Waals surface area contributed by atoms with Crippen LogP contribution in [0.15, 0.2) is 53.0 Å². The van der Waals surface area contributed by atoms with Crippen LogP contribution >= 0.6 is 15.9 Å². The number of benzene rings is 2. The maximum Gasteiger partial charge on any atom is 0.239 e. The zero-order valence-corrected chi connectivity index (χ0v) is 22.0. The van der Waals surface area contributed by atoms with Crippen LogP contribution in [0.3, 0.4) is 0 Å². The molecule has 36 heavy (non-hydrogen) atoms. The number of hydrogen-bond donors (Lipinski definition) is 3. The zero-order valence-electron chi connectivity index (χ0n) is 20.4. The van der Waals surface area contributed by atoms with Gasteiger partial charge in [-0.2, -0.15) is 0 Å². The number of nitrogens with zero attached hydrogens (tertiary/aromatic N) is 1. The lowest BCUT2D eigenvalue weighted by atomic mass is 9.73. The van der Waals surface area contributed by atoms with Crippen molar-refractivity contribution < 1.29 is 19.4 Å². The molecule has 8 heteroatoms. The molecule has 3 aliphatic rings. The minimum atomic E-state index is -0.806. The van der Waals surface area contributed by atoms with Crippen LogP contribution in [0.2, 0.25) is 0 Å². The predicted octanol–water partition coefficient (Wildman–Crippen LogP) is 3.50. The number of carbonyl (C=O) groups excluding carboxylic acids is 2. The van der Waals surface area contributed by atoms with Crippen molar-refractivity contribution in [1.29, 1.82) is 0 Å². The van der Waals surface area contributed by atoms with Crippen molar-refractivity contribution in [3.8, 4) is 5.75 Å². The molecule has 1 saturated carbocycles. The van der Waals surface area contributed by atoms with E-state index in [-0.39, 0.29) is 30.0 Å². The molecule has 2 aliphatic heterocycles. The van der Waals surface area contributed by atoms with Crippen LogP contribution in [0.1, 0.15) is 55.7 Å². The number of hydrogen-bond acceptors (Lipinski definition) is 5. The van der Waals surface area contributed by atoms with Gasteiger partial charge in [-0.15, -0.1) is 0 Å². The van der Waals surface area contributed by atoms with E-state index in [0.29, 0.717) is 25.9 Å². The molecule has 7 nitrogen and oxygen atoms in total. The molecule has 0 radical (unpaired) electrons. The zero-order chi connectivity index (χ0) is 25.1. The summed E-state index contributed by atoms with van der Waals surface area (Å²) in [6.07, 6.45) is 5.11. The Labute approximate surface area is 220 Å². The van der Waals surface area contributed by atoms with Crippen molar-refractivity contribution in [1.82, 2.24) is 15.5 Å². The van der Waals surface area contributed by atoms with Gasteiger partial charge < -0.3 is 25.4 Å². The van der Waals surface area contributed by atoms with Gasteiger partial charge in [0.25, 0.3) is 0 Å².